The maximum atomic E-state index is 11.3. The lowest BCUT2D eigenvalue weighted by atomic mass is 10.0. The number of aryl methyl sites for hydroxylation is 2. The lowest BCUT2D eigenvalue weighted by Gasteiger charge is -2.16. The number of aromatic carboxylic acids is 1. The zero-order valence-electron chi connectivity index (χ0n) is 12.9. The summed E-state index contributed by atoms with van der Waals surface area (Å²) >= 11 is 0. The van der Waals surface area contributed by atoms with E-state index in [1.165, 1.54) is 0 Å². The number of hydrogen-bond acceptors (Lipinski definition) is 3. The number of para-hydroxylation sites is 1. The third-order valence-corrected chi connectivity index (χ3v) is 3.78. The van der Waals surface area contributed by atoms with Gasteiger partial charge in [-0.15, -0.1) is 0 Å². The molecule has 0 aliphatic rings. The van der Waals surface area contributed by atoms with Gasteiger partial charge < -0.3 is 10.4 Å². The monoisotopic (exact) mass is 307 g/mol. The van der Waals surface area contributed by atoms with Crippen molar-refractivity contribution in [2.45, 2.75) is 13.8 Å². The third kappa shape index (κ3) is 2.94. The molecule has 3 N–H and O–H groups in total. The fourth-order valence-electron chi connectivity index (χ4n) is 2.65. The van der Waals surface area contributed by atoms with Crippen molar-refractivity contribution in [2.24, 2.45) is 0 Å². The van der Waals surface area contributed by atoms with E-state index in [2.05, 4.69) is 27.6 Å². The van der Waals surface area contributed by atoms with E-state index in [-0.39, 0.29) is 5.56 Å². The van der Waals surface area contributed by atoms with E-state index in [9.17, 15) is 9.90 Å². The van der Waals surface area contributed by atoms with E-state index < -0.39 is 5.97 Å². The number of carboxylic acids is 1. The Balaban J connectivity index is 2.00. The van der Waals surface area contributed by atoms with E-state index in [1.807, 2.05) is 26.1 Å². The number of benzene rings is 2. The molecule has 3 rings (SSSR count). The summed E-state index contributed by atoms with van der Waals surface area (Å²) in [5, 5.41) is 19.3. The van der Waals surface area contributed by atoms with Crippen LogP contribution in [0, 0.1) is 13.8 Å². The Bertz CT molecular complexity index is 831. The average Bonchev–Trinajstić information content (AvgIpc) is 3.05. The van der Waals surface area contributed by atoms with Crippen molar-refractivity contribution in [1.82, 2.24) is 10.2 Å². The molecule has 0 spiro atoms. The molecule has 0 amide bonds. The van der Waals surface area contributed by atoms with Crippen molar-refractivity contribution >= 4 is 17.3 Å². The minimum absolute atomic E-state index is 0.255. The summed E-state index contributed by atoms with van der Waals surface area (Å²) in [7, 11) is 0. The third-order valence-electron chi connectivity index (χ3n) is 3.78. The topological polar surface area (TPSA) is 78.0 Å². The van der Waals surface area contributed by atoms with Crippen LogP contribution in [0.15, 0.2) is 48.8 Å². The molecule has 0 saturated heterocycles. The summed E-state index contributed by atoms with van der Waals surface area (Å²) < 4.78 is 0. The van der Waals surface area contributed by atoms with E-state index in [0.29, 0.717) is 5.69 Å². The molecule has 116 valence electrons. The van der Waals surface area contributed by atoms with Gasteiger partial charge in [-0.1, -0.05) is 12.1 Å². The van der Waals surface area contributed by atoms with Gasteiger partial charge in [0.05, 0.1) is 17.4 Å². The van der Waals surface area contributed by atoms with Gasteiger partial charge in [-0.2, -0.15) is 5.10 Å². The molecule has 0 saturated carbocycles. The molecule has 2 aromatic carbocycles. The average molecular weight is 307 g/mol. The van der Waals surface area contributed by atoms with Crippen molar-refractivity contribution in [3.05, 3.63) is 65.5 Å². The predicted octanol–water partition coefficient (Wildman–Crippen LogP) is 4.14. The molecule has 0 atom stereocenters. The molecule has 1 aromatic heterocycles. The lowest BCUT2D eigenvalue weighted by molar-refractivity contribution is 0.0698. The summed E-state index contributed by atoms with van der Waals surface area (Å²) in [6, 6.07) is 11.0. The summed E-state index contributed by atoms with van der Waals surface area (Å²) in [5.74, 6) is -0.946. The molecule has 3 aromatic rings. The molecule has 5 nitrogen and oxygen atoms in total. The number of rotatable bonds is 4. The van der Waals surface area contributed by atoms with Crippen molar-refractivity contribution in [1.29, 1.82) is 0 Å². The van der Waals surface area contributed by atoms with Crippen LogP contribution in [-0.2, 0) is 0 Å². The van der Waals surface area contributed by atoms with Crippen molar-refractivity contribution in [2.75, 3.05) is 5.32 Å². The zero-order valence-corrected chi connectivity index (χ0v) is 12.9. The zero-order chi connectivity index (χ0) is 16.4. The predicted molar refractivity (Wildman–Crippen MR) is 90.2 cm³/mol. The molecule has 0 fully saturated rings. The summed E-state index contributed by atoms with van der Waals surface area (Å²) in [6.07, 6.45) is 3.63. The summed E-state index contributed by atoms with van der Waals surface area (Å²) in [6.45, 7) is 4.00. The largest absolute Gasteiger partial charge is 0.478 e. The number of nitrogens with one attached hydrogen (secondary N) is 2. The highest BCUT2D eigenvalue weighted by Gasteiger charge is 2.12. The van der Waals surface area contributed by atoms with Crippen LogP contribution in [0.1, 0.15) is 21.5 Å². The molecule has 1 heterocycles. The Morgan fingerprint density at radius 2 is 1.83 bits per heavy atom. The van der Waals surface area contributed by atoms with Gasteiger partial charge in [0, 0.05) is 17.4 Å². The minimum atomic E-state index is -0.946. The van der Waals surface area contributed by atoms with Crippen molar-refractivity contribution in [3.8, 4) is 11.1 Å². The smallest absolute Gasteiger partial charge is 0.337 e. The molecule has 0 aliphatic carbocycles. The highest BCUT2D eigenvalue weighted by atomic mass is 16.4. The highest BCUT2D eigenvalue weighted by Crippen LogP contribution is 2.31. The maximum Gasteiger partial charge on any atom is 0.337 e. The van der Waals surface area contributed by atoms with Gasteiger partial charge in [-0.25, -0.2) is 4.79 Å². The molecule has 0 bridgehead atoms. The Labute approximate surface area is 134 Å². The Morgan fingerprint density at radius 1 is 1.13 bits per heavy atom. The first-order chi connectivity index (χ1) is 11.1. The molecule has 0 unspecified atom stereocenters. The van der Waals surface area contributed by atoms with Gasteiger partial charge in [-0.3, -0.25) is 5.10 Å². The van der Waals surface area contributed by atoms with Crippen molar-refractivity contribution in [3.63, 3.8) is 0 Å². The Morgan fingerprint density at radius 3 is 2.43 bits per heavy atom. The van der Waals surface area contributed by atoms with Gasteiger partial charge in [0.25, 0.3) is 0 Å². The first kappa shape index (κ1) is 14.8. The Kier molecular flexibility index (Phi) is 3.85. The summed E-state index contributed by atoms with van der Waals surface area (Å²) in [4.78, 5) is 11.3. The molecule has 0 radical (unpaired) electrons. The number of carboxylic acid groups (broad SMARTS) is 1. The second-order valence-corrected chi connectivity index (χ2v) is 5.45. The maximum absolute atomic E-state index is 11.3. The molecular weight excluding hydrogens is 290 g/mol. The van der Waals surface area contributed by atoms with Crippen LogP contribution in [0.25, 0.3) is 11.1 Å². The van der Waals surface area contributed by atoms with Crippen LogP contribution in [0.3, 0.4) is 0 Å². The number of carbonyl (C=O) groups is 1. The van der Waals surface area contributed by atoms with Crippen LogP contribution < -0.4 is 5.32 Å². The number of aromatic amines is 1. The molecule has 5 heteroatoms. The fourth-order valence-corrected chi connectivity index (χ4v) is 2.65. The van der Waals surface area contributed by atoms with Gasteiger partial charge in [0.1, 0.15) is 0 Å². The van der Waals surface area contributed by atoms with E-state index in [4.69, 9.17) is 0 Å². The number of anilines is 2. The highest BCUT2D eigenvalue weighted by molar-refractivity contribution is 5.95. The number of hydrogen-bond donors (Lipinski definition) is 3. The van der Waals surface area contributed by atoms with E-state index in [1.54, 1.807) is 24.4 Å². The van der Waals surface area contributed by atoms with Gasteiger partial charge in [-0.05, 0) is 54.8 Å². The Hall–Kier alpha value is -3.08. The van der Waals surface area contributed by atoms with Crippen molar-refractivity contribution < 1.29 is 9.90 Å². The van der Waals surface area contributed by atoms with Crippen LogP contribution in [0.5, 0.6) is 0 Å². The number of aromatic nitrogens is 2. The number of nitrogens with zero attached hydrogens (tertiary/aromatic N) is 1. The first-order valence-corrected chi connectivity index (χ1v) is 7.26. The quantitative estimate of drug-likeness (QED) is 0.677. The van der Waals surface area contributed by atoms with Gasteiger partial charge in [0.15, 0.2) is 0 Å². The fraction of sp³-hybridized carbons (Fsp3) is 0.111. The van der Waals surface area contributed by atoms with Crippen LogP contribution in [-0.4, -0.2) is 21.3 Å². The second kappa shape index (κ2) is 5.96. The number of H-pyrrole nitrogens is 1. The van der Waals surface area contributed by atoms with E-state index in [0.717, 1.165) is 27.9 Å². The normalized spacial score (nSPS) is 10.5. The van der Waals surface area contributed by atoms with E-state index >= 15 is 0 Å². The van der Waals surface area contributed by atoms with Gasteiger partial charge in [0.2, 0.25) is 0 Å². The standard InChI is InChI=1S/C18H17N3O2/c1-11-7-13(14-9-19-20-10-14)8-12(2)17(11)21-16-6-4-3-5-15(16)18(22)23/h3-10,21H,1-2H3,(H,19,20)(H,22,23). The summed E-state index contributed by atoms with van der Waals surface area (Å²) in [5.41, 5.74) is 5.95. The lowest BCUT2D eigenvalue weighted by Crippen LogP contribution is -2.04. The van der Waals surface area contributed by atoms with Gasteiger partial charge >= 0.3 is 5.97 Å². The molecule has 23 heavy (non-hydrogen) atoms. The van der Waals surface area contributed by atoms with Crippen LogP contribution in [0.4, 0.5) is 11.4 Å². The molecule has 0 aliphatic heterocycles. The SMILES string of the molecule is Cc1cc(-c2cn[nH]c2)cc(C)c1Nc1ccccc1C(=O)O. The van der Waals surface area contributed by atoms with Crippen LogP contribution in [0.2, 0.25) is 0 Å². The first-order valence-electron chi connectivity index (χ1n) is 7.26. The van der Waals surface area contributed by atoms with Crippen LogP contribution >= 0.6 is 0 Å². The molecular formula is C18H17N3O2. The minimum Gasteiger partial charge on any atom is -0.478 e. The second-order valence-electron chi connectivity index (χ2n) is 5.45.